The lowest BCUT2D eigenvalue weighted by Gasteiger charge is -2.25. The third kappa shape index (κ3) is 3.75. The number of anilines is 3. The topological polar surface area (TPSA) is 29.5 Å². The van der Waals surface area contributed by atoms with Crippen molar-refractivity contribution in [3.63, 3.8) is 0 Å². The molecule has 0 fully saturated rings. The minimum absolute atomic E-state index is 0.881. The zero-order chi connectivity index (χ0) is 28.3. The molecule has 0 spiro atoms. The first-order valence-electron chi connectivity index (χ1n) is 14.5. The van der Waals surface area contributed by atoms with Gasteiger partial charge in [0.2, 0.25) is 0 Å². The van der Waals surface area contributed by atoms with E-state index in [-0.39, 0.29) is 0 Å². The fourth-order valence-electron chi connectivity index (χ4n) is 6.51. The SMILES string of the molecule is c1ccc(N(c2ccccc2)c2ccc(-c3cc4cc5occc5cc4c4c3ccc3c5ccccc5oc34)cc2)cc1. The lowest BCUT2D eigenvalue weighted by Crippen LogP contribution is -2.09. The molecular weight excluding hydrogens is 526 g/mol. The van der Waals surface area contributed by atoms with Gasteiger partial charge in [-0.2, -0.15) is 0 Å². The molecule has 0 atom stereocenters. The maximum Gasteiger partial charge on any atom is 0.143 e. The Hall–Kier alpha value is -5.80. The molecule has 9 aromatic rings. The molecule has 0 saturated carbocycles. The van der Waals surface area contributed by atoms with Crippen LogP contribution in [0.15, 0.2) is 161 Å². The molecule has 0 radical (unpaired) electrons. The van der Waals surface area contributed by atoms with Crippen LogP contribution in [0.5, 0.6) is 0 Å². The van der Waals surface area contributed by atoms with Crippen LogP contribution in [-0.4, -0.2) is 0 Å². The molecule has 3 nitrogen and oxygen atoms in total. The second-order valence-corrected chi connectivity index (χ2v) is 11.0. The van der Waals surface area contributed by atoms with Crippen LogP contribution in [0.2, 0.25) is 0 Å². The van der Waals surface area contributed by atoms with Gasteiger partial charge in [0.1, 0.15) is 16.7 Å². The molecule has 7 aromatic carbocycles. The predicted molar refractivity (Wildman–Crippen MR) is 179 cm³/mol. The lowest BCUT2D eigenvalue weighted by atomic mass is 9.91. The zero-order valence-electron chi connectivity index (χ0n) is 23.2. The molecule has 0 unspecified atom stereocenters. The molecule has 0 amide bonds. The summed E-state index contributed by atoms with van der Waals surface area (Å²) < 4.78 is 12.4. The quantitative estimate of drug-likeness (QED) is 0.204. The van der Waals surface area contributed by atoms with E-state index in [0.717, 1.165) is 82.6 Å². The molecule has 202 valence electrons. The van der Waals surface area contributed by atoms with E-state index in [2.05, 4.69) is 132 Å². The minimum Gasteiger partial charge on any atom is -0.464 e. The van der Waals surface area contributed by atoms with Crippen LogP contribution in [0, 0.1) is 0 Å². The van der Waals surface area contributed by atoms with Gasteiger partial charge in [-0.15, -0.1) is 0 Å². The average molecular weight is 552 g/mol. The number of rotatable bonds is 4. The van der Waals surface area contributed by atoms with Crippen LogP contribution in [0.3, 0.4) is 0 Å². The van der Waals surface area contributed by atoms with Gasteiger partial charge in [-0.05, 0) is 100 Å². The molecule has 0 aliphatic rings. The summed E-state index contributed by atoms with van der Waals surface area (Å²) in [5.41, 5.74) is 8.35. The Morgan fingerprint density at radius 2 is 1.12 bits per heavy atom. The smallest absolute Gasteiger partial charge is 0.143 e. The Balaban J connectivity index is 1.28. The van der Waals surface area contributed by atoms with Crippen molar-refractivity contribution >= 4 is 71.5 Å². The first kappa shape index (κ1) is 23.9. The third-order valence-electron chi connectivity index (χ3n) is 8.50. The van der Waals surface area contributed by atoms with Gasteiger partial charge in [-0.3, -0.25) is 0 Å². The maximum atomic E-state index is 6.58. The maximum absolute atomic E-state index is 6.58. The van der Waals surface area contributed by atoms with Crippen LogP contribution in [0.25, 0.3) is 65.6 Å². The Kier molecular flexibility index (Phi) is 5.20. The molecule has 2 aromatic heterocycles. The van der Waals surface area contributed by atoms with Crippen molar-refractivity contribution in [1.82, 2.24) is 0 Å². The van der Waals surface area contributed by atoms with E-state index in [1.165, 1.54) is 0 Å². The predicted octanol–water partition coefficient (Wildman–Crippen LogP) is 11.8. The summed E-state index contributed by atoms with van der Waals surface area (Å²) in [5.74, 6) is 0. The number of para-hydroxylation sites is 3. The Morgan fingerprint density at radius 3 is 1.88 bits per heavy atom. The van der Waals surface area contributed by atoms with E-state index in [9.17, 15) is 0 Å². The van der Waals surface area contributed by atoms with E-state index < -0.39 is 0 Å². The number of fused-ring (bicyclic) bond motifs is 8. The van der Waals surface area contributed by atoms with Gasteiger partial charge in [-0.25, -0.2) is 0 Å². The average Bonchev–Trinajstić information content (AvgIpc) is 3.69. The van der Waals surface area contributed by atoms with Crippen molar-refractivity contribution in [2.24, 2.45) is 0 Å². The van der Waals surface area contributed by atoms with Crippen LogP contribution in [-0.2, 0) is 0 Å². The van der Waals surface area contributed by atoms with Gasteiger partial charge in [0, 0.05) is 38.6 Å². The van der Waals surface area contributed by atoms with E-state index >= 15 is 0 Å². The summed E-state index contributed by atoms with van der Waals surface area (Å²) in [7, 11) is 0. The summed E-state index contributed by atoms with van der Waals surface area (Å²) in [6.45, 7) is 0. The van der Waals surface area contributed by atoms with Crippen molar-refractivity contribution in [2.45, 2.75) is 0 Å². The standard InChI is InChI=1S/C40H25NO2/c1-3-9-29(10-4-1)41(30-11-5-2-6-12-30)31-17-15-26(16-18-31)35-24-28-25-38-27(21-22-42-38)23-36(28)39-33(35)19-20-34-32-13-7-8-14-37(32)43-40(34)39/h1-25H. The van der Waals surface area contributed by atoms with Gasteiger partial charge in [0.05, 0.1) is 6.26 Å². The largest absolute Gasteiger partial charge is 0.464 e. The summed E-state index contributed by atoms with van der Waals surface area (Å²) in [6, 6.07) is 51.3. The Morgan fingerprint density at radius 1 is 0.442 bits per heavy atom. The van der Waals surface area contributed by atoms with E-state index in [1.807, 2.05) is 18.2 Å². The fraction of sp³-hybridized carbons (Fsp3) is 0. The number of benzene rings is 7. The highest BCUT2D eigenvalue weighted by Gasteiger charge is 2.18. The molecule has 0 N–H and O–H groups in total. The second kappa shape index (κ2) is 9.37. The monoisotopic (exact) mass is 551 g/mol. The summed E-state index contributed by atoms with van der Waals surface area (Å²) in [6.07, 6.45) is 1.76. The van der Waals surface area contributed by atoms with E-state index in [4.69, 9.17) is 8.83 Å². The third-order valence-corrected chi connectivity index (χ3v) is 8.50. The Labute approximate surface area is 247 Å². The highest BCUT2D eigenvalue weighted by Crippen LogP contribution is 2.43. The van der Waals surface area contributed by atoms with Crippen LogP contribution >= 0.6 is 0 Å². The fourth-order valence-corrected chi connectivity index (χ4v) is 6.51. The summed E-state index contributed by atoms with van der Waals surface area (Å²) in [5, 5.41) is 7.92. The zero-order valence-corrected chi connectivity index (χ0v) is 23.2. The van der Waals surface area contributed by atoms with Crippen molar-refractivity contribution in [1.29, 1.82) is 0 Å². The molecule has 0 aliphatic heterocycles. The molecule has 43 heavy (non-hydrogen) atoms. The molecule has 0 aliphatic carbocycles. The van der Waals surface area contributed by atoms with Gasteiger partial charge in [-0.1, -0.05) is 72.8 Å². The first-order valence-corrected chi connectivity index (χ1v) is 14.5. The van der Waals surface area contributed by atoms with Crippen molar-refractivity contribution in [3.05, 3.63) is 152 Å². The second-order valence-electron chi connectivity index (χ2n) is 11.0. The molecular formula is C40H25NO2. The van der Waals surface area contributed by atoms with Gasteiger partial charge in [0.25, 0.3) is 0 Å². The minimum atomic E-state index is 0.881. The number of furan rings is 2. The van der Waals surface area contributed by atoms with Gasteiger partial charge < -0.3 is 13.7 Å². The van der Waals surface area contributed by atoms with Crippen molar-refractivity contribution in [2.75, 3.05) is 4.90 Å². The molecule has 3 heteroatoms. The van der Waals surface area contributed by atoms with Crippen molar-refractivity contribution in [3.8, 4) is 11.1 Å². The van der Waals surface area contributed by atoms with Crippen LogP contribution in [0.4, 0.5) is 17.1 Å². The van der Waals surface area contributed by atoms with Gasteiger partial charge >= 0.3 is 0 Å². The first-order chi connectivity index (χ1) is 21.3. The number of hydrogen-bond donors (Lipinski definition) is 0. The van der Waals surface area contributed by atoms with Crippen LogP contribution in [0.1, 0.15) is 0 Å². The van der Waals surface area contributed by atoms with Gasteiger partial charge in [0.15, 0.2) is 0 Å². The molecule has 9 rings (SSSR count). The molecule has 0 saturated heterocycles. The summed E-state index contributed by atoms with van der Waals surface area (Å²) in [4.78, 5) is 2.29. The Bertz CT molecular complexity index is 2390. The van der Waals surface area contributed by atoms with E-state index in [1.54, 1.807) is 6.26 Å². The van der Waals surface area contributed by atoms with Crippen LogP contribution < -0.4 is 4.90 Å². The lowest BCUT2D eigenvalue weighted by molar-refractivity contribution is 0.616. The highest BCUT2D eigenvalue weighted by molar-refractivity contribution is 6.27. The number of nitrogens with zero attached hydrogens (tertiary/aromatic N) is 1. The van der Waals surface area contributed by atoms with Crippen molar-refractivity contribution < 1.29 is 8.83 Å². The normalized spacial score (nSPS) is 11.7. The highest BCUT2D eigenvalue weighted by atomic mass is 16.3. The number of hydrogen-bond acceptors (Lipinski definition) is 3. The van der Waals surface area contributed by atoms with E-state index in [0.29, 0.717) is 0 Å². The molecule has 0 bridgehead atoms. The molecule has 2 heterocycles. The summed E-state index contributed by atoms with van der Waals surface area (Å²) >= 11 is 0.